The summed E-state index contributed by atoms with van der Waals surface area (Å²) >= 11 is 0. The van der Waals surface area contributed by atoms with Gasteiger partial charge in [-0.25, -0.2) is 0 Å². The summed E-state index contributed by atoms with van der Waals surface area (Å²) in [6, 6.07) is 6.68. The van der Waals surface area contributed by atoms with Crippen molar-refractivity contribution in [2.45, 2.75) is 51.1 Å². The third-order valence-electron chi connectivity index (χ3n) is 5.26. The van der Waals surface area contributed by atoms with Crippen LogP contribution in [0, 0.1) is 5.92 Å². The Kier molecular flexibility index (Phi) is 5.06. The molecule has 3 rings (SSSR count). The summed E-state index contributed by atoms with van der Waals surface area (Å²) in [6.45, 7) is 2.18. The highest BCUT2D eigenvalue weighted by molar-refractivity contribution is 5.89. The average molecular weight is 344 g/mol. The minimum atomic E-state index is -0.937. The molecule has 1 saturated carbocycles. The largest absolute Gasteiger partial charge is 0.481 e. The number of fused-ring (bicyclic) bond motifs is 1. The average Bonchev–Trinajstić information content (AvgIpc) is 3.14. The van der Waals surface area contributed by atoms with Gasteiger partial charge >= 0.3 is 5.97 Å². The van der Waals surface area contributed by atoms with E-state index in [9.17, 15) is 19.5 Å². The molecule has 6 heteroatoms. The number of carboxylic acid groups (broad SMARTS) is 1. The highest BCUT2D eigenvalue weighted by atomic mass is 16.4. The lowest BCUT2D eigenvalue weighted by atomic mass is 9.89. The van der Waals surface area contributed by atoms with Crippen LogP contribution in [0.15, 0.2) is 24.3 Å². The third-order valence-corrected chi connectivity index (χ3v) is 5.26. The molecular formula is C19H24N2O4. The molecule has 0 aromatic heterocycles. The van der Waals surface area contributed by atoms with E-state index in [0.717, 1.165) is 36.8 Å². The summed E-state index contributed by atoms with van der Waals surface area (Å²) in [6.07, 6.45) is 3.88. The van der Waals surface area contributed by atoms with E-state index < -0.39 is 17.9 Å². The molecule has 1 aromatic rings. The highest BCUT2D eigenvalue weighted by Crippen LogP contribution is 2.29. The molecule has 1 fully saturated rings. The monoisotopic (exact) mass is 344 g/mol. The van der Waals surface area contributed by atoms with Gasteiger partial charge in [-0.1, -0.05) is 37.1 Å². The number of rotatable bonds is 4. The van der Waals surface area contributed by atoms with E-state index in [0.29, 0.717) is 6.54 Å². The second-order valence-corrected chi connectivity index (χ2v) is 7.02. The van der Waals surface area contributed by atoms with Gasteiger partial charge in [-0.2, -0.15) is 0 Å². The van der Waals surface area contributed by atoms with Crippen molar-refractivity contribution < 1.29 is 19.5 Å². The second kappa shape index (κ2) is 7.25. The number of hydrogen-bond donors (Lipinski definition) is 2. The first-order chi connectivity index (χ1) is 12.0. The van der Waals surface area contributed by atoms with Crippen LogP contribution in [0.5, 0.6) is 0 Å². The van der Waals surface area contributed by atoms with E-state index in [4.69, 9.17) is 0 Å². The molecule has 2 amide bonds. The molecule has 1 aliphatic carbocycles. The van der Waals surface area contributed by atoms with Crippen molar-refractivity contribution in [3.63, 3.8) is 0 Å². The number of benzene rings is 1. The first-order valence-electron chi connectivity index (χ1n) is 8.87. The van der Waals surface area contributed by atoms with Gasteiger partial charge in [0.15, 0.2) is 0 Å². The zero-order valence-electron chi connectivity index (χ0n) is 14.4. The fraction of sp³-hybridized carbons (Fsp3) is 0.526. The van der Waals surface area contributed by atoms with Crippen LogP contribution in [0.3, 0.4) is 0 Å². The van der Waals surface area contributed by atoms with Gasteiger partial charge in [-0.3, -0.25) is 14.4 Å². The number of carbonyl (C=O) groups is 3. The lowest BCUT2D eigenvalue weighted by Crippen LogP contribution is -2.50. The van der Waals surface area contributed by atoms with Gasteiger partial charge in [-0.15, -0.1) is 0 Å². The first kappa shape index (κ1) is 17.5. The molecule has 1 aromatic carbocycles. The summed E-state index contributed by atoms with van der Waals surface area (Å²) < 4.78 is 0. The molecule has 2 unspecified atom stereocenters. The van der Waals surface area contributed by atoms with Gasteiger partial charge in [0, 0.05) is 19.0 Å². The minimum absolute atomic E-state index is 0.00380. The smallest absolute Gasteiger partial charge is 0.312 e. The van der Waals surface area contributed by atoms with Crippen LogP contribution in [0.4, 0.5) is 0 Å². The summed E-state index contributed by atoms with van der Waals surface area (Å²) in [4.78, 5) is 38.1. The Bertz CT molecular complexity index is 682. The normalized spacial score (nSPS) is 21.5. The molecule has 1 aliphatic heterocycles. The van der Waals surface area contributed by atoms with Crippen molar-refractivity contribution in [3.05, 3.63) is 35.4 Å². The van der Waals surface area contributed by atoms with Crippen LogP contribution >= 0.6 is 0 Å². The van der Waals surface area contributed by atoms with Crippen LogP contribution in [0.2, 0.25) is 0 Å². The number of aliphatic carboxylic acids is 1. The number of nitrogens with one attached hydrogen (secondary N) is 1. The lowest BCUT2D eigenvalue weighted by molar-refractivity contribution is -0.143. The van der Waals surface area contributed by atoms with Crippen molar-refractivity contribution in [2.24, 2.45) is 5.92 Å². The maximum atomic E-state index is 12.7. The van der Waals surface area contributed by atoms with Crippen molar-refractivity contribution >= 4 is 17.8 Å². The summed E-state index contributed by atoms with van der Waals surface area (Å²) in [7, 11) is 0. The molecule has 134 valence electrons. The molecule has 25 heavy (non-hydrogen) atoms. The molecular weight excluding hydrogens is 320 g/mol. The zero-order chi connectivity index (χ0) is 18.0. The molecule has 6 nitrogen and oxygen atoms in total. The second-order valence-electron chi connectivity index (χ2n) is 7.02. The van der Waals surface area contributed by atoms with Crippen molar-refractivity contribution in [1.29, 1.82) is 0 Å². The Morgan fingerprint density at radius 2 is 1.88 bits per heavy atom. The predicted molar refractivity (Wildman–Crippen MR) is 91.8 cm³/mol. The number of nitrogens with zero attached hydrogens (tertiary/aromatic N) is 1. The Morgan fingerprint density at radius 3 is 2.56 bits per heavy atom. The fourth-order valence-electron chi connectivity index (χ4n) is 3.84. The summed E-state index contributed by atoms with van der Waals surface area (Å²) in [5.74, 6) is -1.96. The van der Waals surface area contributed by atoms with Crippen molar-refractivity contribution in [3.8, 4) is 0 Å². The summed E-state index contributed by atoms with van der Waals surface area (Å²) in [5, 5.41) is 12.3. The van der Waals surface area contributed by atoms with Gasteiger partial charge in [0.25, 0.3) is 0 Å². The van der Waals surface area contributed by atoms with Crippen LogP contribution in [-0.4, -0.2) is 40.4 Å². The van der Waals surface area contributed by atoms with E-state index in [1.165, 1.54) is 0 Å². The van der Waals surface area contributed by atoms with Gasteiger partial charge < -0.3 is 15.3 Å². The van der Waals surface area contributed by atoms with Crippen molar-refractivity contribution in [2.75, 3.05) is 6.54 Å². The van der Waals surface area contributed by atoms with Crippen LogP contribution in [0.25, 0.3) is 0 Å². The first-order valence-corrected chi connectivity index (χ1v) is 8.87. The predicted octanol–water partition coefficient (Wildman–Crippen LogP) is 1.89. The van der Waals surface area contributed by atoms with Crippen molar-refractivity contribution in [1.82, 2.24) is 10.2 Å². The van der Waals surface area contributed by atoms with Crippen LogP contribution in [0.1, 0.15) is 49.7 Å². The van der Waals surface area contributed by atoms with Gasteiger partial charge in [0.2, 0.25) is 11.8 Å². The van der Waals surface area contributed by atoms with Gasteiger partial charge in [-0.05, 0) is 30.9 Å². The lowest BCUT2D eigenvalue weighted by Gasteiger charge is -2.34. The molecule has 0 bridgehead atoms. The minimum Gasteiger partial charge on any atom is -0.481 e. The van der Waals surface area contributed by atoms with E-state index in [1.807, 2.05) is 18.2 Å². The molecule has 0 spiro atoms. The topological polar surface area (TPSA) is 86.7 Å². The molecule has 2 atom stereocenters. The Hall–Kier alpha value is -2.37. The maximum absolute atomic E-state index is 12.7. The molecule has 0 saturated heterocycles. The van der Waals surface area contributed by atoms with Gasteiger partial charge in [0.05, 0.1) is 5.92 Å². The van der Waals surface area contributed by atoms with E-state index in [-0.39, 0.29) is 24.3 Å². The number of amides is 2. The number of carbonyl (C=O) groups excluding carboxylic acids is 2. The summed E-state index contributed by atoms with van der Waals surface area (Å²) in [5.41, 5.74) is 1.62. The molecule has 1 heterocycles. The Labute approximate surface area is 147 Å². The number of carboxylic acids is 1. The van der Waals surface area contributed by atoms with Gasteiger partial charge in [0.1, 0.15) is 6.04 Å². The standard InChI is InChI=1S/C19H24N2O4/c1-12(20-17(22)13-6-2-3-7-13)18(23)21-10-14-8-4-5-9-15(14)16(11-21)19(24)25/h4-5,8-9,12-13,16H,2-3,6-7,10-11H2,1H3,(H,20,22)(H,24,25). The maximum Gasteiger partial charge on any atom is 0.312 e. The Morgan fingerprint density at radius 1 is 1.20 bits per heavy atom. The third kappa shape index (κ3) is 3.67. The molecule has 2 aliphatic rings. The van der Waals surface area contributed by atoms with E-state index in [2.05, 4.69) is 5.32 Å². The van der Waals surface area contributed by atoms with E-state index in [1.54, 1.807) is 17.9 Å². The van der Waals surface area contributed by atoms with Crippen LogP contribution < -0.4 is 5.32 Å². The van der Waals surface area contributed by atoms with Crippen LogP contribution in [-0.2, 0) is 20.9 Å². The molecule has 2 N–H and O–H groups in total. The zero-order valence-corrected chi connectivity index (χ0v) is 14.4. The molecule has 0 radical (unpaired) electrons. The fourth-order valence-corrected chi connectivity index (χ4v) is 3.84. The highest BCUT2D eigenvalue weighted by Gasteiger charge is 2.34. The Balaban J connectivity index is 1.69. The SMILES string of the molecule is CC(NC(=O)C1CCCC1)C(=O)N1Cc2ccccc2C(C(=O)O)C1. The van der Waals surface area contributed by atoms with E-state index >= 15 is 0 Å². The quantitative estimate of drug-likeness (QED) is 0.873. The number of hydrogen-bond acceptors (Lipinski definition) is 3.